The van der Waals surface area contributed by atoms with Crippen molar-refractivity contribution in [1.82, 2.24) is 0 Å². The van der Waals surface area contributed by atoms with Crippen LogP contribution in [0.4, 0.5) is 0 Å². The van der Waals surface area contributed by atoms with Gasteiger partial charge in [0.1, 0.15) is 0 Å². The van der Waals surface area contributed by atoms with Gasteiger partial charge in [0.15, 0.2) is 0 Å². The van der Waals surface area contributed by atoms with Crippen LogP contribution in [0.3, 0.4) is 0 Å². The van der Waals surface area contributed by atoms with E-state index in [9.17, 15) is 19.8 Å². The second kappa shape index (κ2) is 12.6. The Balaban J connectivity index is -0.000000980. The molecule has 0 aromatic heterocycles. The van der Waals surface area contributed by atoms with Crippen molar-refractivity contribution in [2.45, 2.75) is 52.4 Å². The number of hydrogen-bond donors (Lipinski definition) is 0. The number of rotatable bonds is 8. The van der Waals surface area contributed by atoms with E-state index in [4.69, 9.17) is 0 Å². The summed E-state index contributed by atoms with van der Waals surface area (Å²) in [6, 6.07) is 0. The Morgan fingerprint density at radius 1 is 0.941 bits per heavy atom. The largest absolute Gasteiger partial charge is 1.00 e. The molecule has 0 aliphatic carbocycles. The third kappa shape index (κ3) is 7.67. The number of carboxylic acids is 2. The molecule has 0 saturated heterocycles. The van der Waals surface area contributed by atoms with E-state index in [-0.39, 0.29) is 93.8 Å². The van der Waals surface area contributed by atoms with E-state index in [2.05, 4.69) is 0 Å². The van der Waals surface area contributed by atoms with Crippen LogP contribution in [0, 0.1) is 5.41 Å². The summed E-state index contributed by atoms with van der Waals surface area (Å²) >= 11 is 0. The van der Waals surface area contributed by atoms with Crippen molar-refractivity contribution in [2.75, 3.05) is 0 Å². The Morgan fingerprint density at radius 3 is 1.41 bits per heavy atom. The molecule has 0 heterocycles. The number of unbranched alkanes of at least 4 members (excludes halogenated alkanes) is 2. The minimum atomic E-state index is -1.79. The smallest absolute Gasteiger partial charge is 0.549 e. The Labute approximate surface area is 168 Å². The van der Waals surface area contributed by atoms with Crippen molar-refractivity contribution in [2.24, 2.45) is 5.41 Å². The van der Waals surface area contributed by atoms with Gasteiger partial charge in [-0.15, -0.1) is 0 Å². The molecule has 0 aliphatic rings. The standard InChI is InChI=1S/C11H20O4.K.Na/c1-3-5-7-11(9(12)13,10(14)15)8-6-4-2;;/h3-8H2,1-2H3,(H,12,13)(H,14,15);;/q;2*+1/p-2. The van der Waals surface area contributed by atoms with E-state index in [1.54, 1.807) is 0 Å². The summed E-state index contributed by atoms with van der Waals surface area (Å²) in [6.07, 6.45) is 2.85. The third-order valence-corrected chi connectivity index (χ3v) is 2.70. The zero-order chi connectivity index (χ0) is 11.9. The average molecular weight is 276 g/mol. The van der Waals surface area contributed by atoms with E-state index >= 15 is 0 Å². The van der Waals surface area contributed by atoms with Crippen molar-refractivity contribution in [3.05, 3.63) is 0 Å². The van der Waals surface area contributed by atoms with E-state index in [1.165, 1.54) is 0 Å². The summed E-state index contributed by atoms with van der Waals surface area (Å²) in [4.78, 5) is 21.9. The molecule has 0 fully saturated rings. The van der Waals surface area contributed by atoms with Gasteiger partial charge in [-0.1, -0.05) is 39.5 Å². The zero-order valence-electron chi connectivity index (χ0n) is 11.4. The monoisotopic (exact) mass is 276 g/mol. The van der Waals surface area contributed by atoms with Crippen molar-refractivity contribution >= 4 is 11.9 Å². The Morgan fingerprint density at radius 2 is 1.24 bits per heavy atom. The predicted octanol–water partition coefficient (Wildman–Crippen LogP) is -6.14. The summed E-state index contributed by atoms with van der Waals surface area (Å²) < 4.78 is 0. The van der Waals surface area contributed by atoms with Crippen LogP contribution in [0.15, 0.2) is 0 Å². The van der Waals surface area contributed by atoms with Gasteiger partial charge < -0.3 is 19.8 Å². The summed E-state index contributed by atoms with van der Waals surface area (Å²) in [5, 5.41) is 21.9. The molecule has 0 N–H and O–H groups in total. The SMILES string of the molecule is CCCCC(CCCC)(C(=O)[O-])C(=O)[O-].[K+].[Na+]. The number of carbonyl (C=O) groups excluding carboxylic acids is 2. The van der Waals surface area contributed by atoms with Gasteiger partial charge in [0, 0.05) is 5.41 Å². The molecule has 0 bridgehead atoms. The molecule has 0 atom stereocenters. The molecule has 4 nitrogen and oxygen atoms in total. The molecule has 0 spiro atoms. The van der Waals surface area contributed by atoms with Gasteiger partial charge in [-0.25, -0.2) is 0 Å². The van der Waals surface area contributed by atoms with Crippen LogP contribution in [-0.2, 0) is 9.59 Å². The number of hydrogen-bond acceptors (Lipinski definition) is 4. The van der Waals surface area contributed by atoms with E-state index < -0.39 is 17.4 Å². The minimum Gasteiger partial charge on any atom is -0.549 e. The van der Waals surface area contributed by atoms with Crippen LogP contribution in [0.5, 0.6) is 0 Å². The molecule has 0 rings (SSSR count). The normalized spacial score (nSPS) is 10.0. The van der Waals surface area contributed by atoms with Crippen LogP contribution in [0.1, 0.15) is 52.4 Å². The Kier molecular flexibility index (Phi) is 17.5. The molecule has 88 valence electrons. The van der Waals surface area contributed by atoms with Gasteiger partial charge in [0.25, 0.3) is 0 Å². The zero-order valence-corrected chi connectivity index (χ0v) is 16.5. The Hall–Kier alpha value is 1.58. The summed E-state index contributed by atoms with van der Waals surface area (Å²) in [7, 11) is 0. The first kappa shape index (κ1) is 23.7. The van der Waals surface area contributed by atoms with Crippen molar-refractivity contribution in [3.8, 4) is 0 Å². The first-order valence-electron chi connectivity index (χ1n) is 5.44. The number of carboxylic acid groups (broad SMARTS) is 2. The second-order valence-corrected chi connectivity index (χ2v) is 3.86. The topological polar surface area (TPSA) is 80.3 Å². The van der Waals surface area contributed by atoms with E-state index in [0.29, 0.717) is 12.8 Å². The molecular weight excluding hydrogens is 258 g/mol. The van der Waals surface area contributed by atoms with Crippen LogP contribution < -0.4 is 91.2 Å². The second-order valence-electron chi connectivity index (χ2n) is 3.86. The molecule has 0 amide bonds. The van der Waals surface area contributed by atoms with Gasteiger partial charge in [0.2, 0.25) is 0 Å². The number of aliphatic carboxylic acids is 2. The van der Waals surface area contributed by atoms with Gasteiger partial charge in [0.05, 0.1) is 11.9 Å². The maximum atomic E-state index is 10.9. The molecule has 0 unspecified atom stereocenters. The fourth-order valence-corrected chi connectivity index (χ4v) is 1.57. The first-order chi connectivity index (χ1) is 7.01. The van der Waals surface area contributed by atoms with Crippen molar-refractivity contribution in [1.29, 1.82) is 0 Å². The Bertz CT molecular complexity index is 210. The molecule has 0 aromatic carbocycles. The fourth-order valence-electron chi connectivity index (χ4n) is 1.57. The van der Waals surface area contributed by atoms with E-state index in [0.717, 1.165) is 12.8 Å². The van der Waals surface area contributed by atoms with Crippen molar-refractivity contribution < 1.29 is 101 Å². The minimum absolute atomic E-state index is 0. The molecule has 17 heavy (non-hydrogen) atoms. The summed E-state index contributed by atoms with van der Waals surface area (Å²) in [5.74, 6) is -3.02. The van der Waals surface area contributed by atoms with Crippen molar-refractivity contribution in [3.63, 3.8) is 0 Å². The van der Waals surface area contributed by atoms with Crippen LogP contribution in [0.2, 0.25) is 0 Å². The number of carbonyl (C=O) groups is 2. The summed E-state index contributed by atoms with van der Waals surface area (Å²) in [5.41, 5.74) is -1.79. The molecule has 0 aliphatic heterocycles. The third-order valence-electron chi connectivity index (χ3n) is 2.70. The average Bonchev–Trinajstić information content (AvgIpc) is 2.17. The van der Waals surface area contributed by atoms with Crippen LogP contribution in [0.25, 0.3) is 0 Å². The fraction of sp³-hybridized carbons (Fsp3) is 0.818. The van der Waals surface area contributed by atoms with Gasteiger partial charge in [-0.2, -0.15) is 0 Å². The first-order valence-corrected chi connectivity index (χ1v) is 5.44. The molecular formula is C11H18KNaO4. The maximum absolute atomic E-state index is 10.9. The van der Waals surface area contributed by atoms with Crippen LogP contribution in [-0.4, -0.2) is 11.9 Å². The van der Waals surface area contributed by atoms with Gasteiger partial charge in [-0.05, 0) is 12.8 Å². The predicted molar refractivity (Wildman–Crippen MR) is 51.5 cm³/mol. The molecule has 0 radical (unpaired) electrons. The summed E-state index contributed by atoms with van der Waals surface area (Å²) in [6.45, 7) is 3.77. The van der Waals surface area contributed by atoms with Gasteiger partial charge in [-0.3, -0.25) is 0 Å². The molecule has 0 aromatic rings. The van der Waals surface area contributed by atoms with E-state index in [1.807, 2.05) is 13.8 Å². The molecule has 6 heteroatoms. The van der Waals surface area contributed by atoms with Crippen LogP contribution >= 0.6 is 0 Å². The quantitative estimate of drug-likeness (QED) is 0.326. The maximum Gasteiger partial charge on any atom is 1.00 e. The molecule has 0 saturated carbocycles. The van der Waals surface area contributed by atoms with Gasteiger partial charge >= 0.3 is 80.9 Å².